The Balaban J connectivity index is 1.86. The smallest absolute Gasteiger partial charge is 0.336 e. The number of rotatable bonds is 4. The summed E-state index contributed by atoms with van der Waals surface area (Å²) >= 11 is 3.39. The number of carbonyl (C=O) groups excluding carboxylic acids is 2. The van der Waals surface area contributed by atoms with E-state index < -0.39 is 11.8 Å². The lowest BCUT2D eigenvalue weighted by Crippen LogP contribution is -2.43. The number of aromatic hydroxyl groups is 1. The quantitative estimate of drug-likeness (QED) is 0.555. The Morgan fingerprint density at radius 2 is 1.91 bits per heavy atom. The highest BCUT2D eigenvalue weighted by Gasteiger charge is 2.47. The van der Waals surface area contributed by atoms with Crippen LogP contribution in [0.1, 0.15) is 64.4 Å². The first kappa shape index (κ1) is 22.9. The van der Waals surface area contributed by atoms with E-state index in [-0.39, 0.29) is 34.8 Å². The van der Waals surface area contributed by atoms with Crippen molar-refractivity contribution in [1.82, 2.24) is 5.32 Å². The van der Waals surface area contributed by atoms with Crippen molar-refractivity contribution in [2.75, 3.05) is 7.11 Å². The lowest BCUT2D eigenvalue weighted by molar-refractivity contribution is -0.144. The van der Waals surface area contributed by atoms with E-state index in [1.807, 2.05) is 20.8 Å². The summed E-state index contributed by atoms with van der Waals surface area (Å²) < 4.78 is 11.7. The predicted molar refractivity (Wildman–Crippen MR) is 124 cm³/mol. The maximum Gasteiger partial charge on any atom is 0.336 e. The van der Waals surface area contributed by atoms with E-state index >= 15 is 0 Å². The third-order valence-corrected chi connectivity index (χ3v) is 7.27. The van der Waals surface area contributed by atoms with E-state index in [9.17, 15) is 14.7 Å². The highest BCUT2D eigenvalue weighted by molar-refractivity contribution is 9.10. The Morgan fingerprint density at radius 3 is 2.56 bits per heavy atom. The number of esters is 1. The molecular formula is C25H30BrNO5. The standard InChI is InChI=1S/C25H30BrNO5/c1-13-20(24(30)32-15-7-5-6-8-15)21(14-9-16(26)23(29)19(10-14)31-4)22-17(27-13)11-25(2,3)12-18(22)28/h9-11,15,21-22,27,29H,5-8,12H2,1-4H3. The van der Waals surface area contributed by atoms with Gasteiger partial charge in [0.15, 0.2) is 11.5 Å². The van der Waals surface area contributed by atoms with Crippen molar-refractivity contribution in [1.29, 1.82) is 0 Å². The van der Waals surface area contributed by atoms with E-state index in [2.05, 4.69) is 27.3 Å². The third kappa shape index (κ3) is 4.19. The number of phenolic OH excluding ortho intramolecular Hbond substituents is 1. The molecule has 1 aliphatic heterocycles. The minimum atomic E-state index is -0.536. The normalized spacial score (nSPS) is 25.2. The van der Waals surface area contributed by atoms with Crippen molar-refractivity contribution in [3.8, 4) is 11.5 Å². The number of phenols is 1. The van der Waals surface area contributed by atoms with Gasteiger partial charge in [0.25, 0.3) is 0 Å². The molecule has 3 aliphatic rings. The fourth-order valence-corrected chi connectivity index (χ4v) is 5.71. The molecule has 1 aromatic carbocycles. The fourth-order valence-electron chi connectivity index (χ4n) is 5.25. The van der Waals surface area contributed by atoms with E-state index in [0.717, 1.165) is 36.9 Å². The molecule has 6 nitrogen and oxygen atoms in total. The summed E-state index contributed by atoms with van der Waals surface area (Å²) in [7, 11) is 1.48. The summed E-state index contributed by atoms with van der Waals surface area (Å²) in [6.45, 7) is 5.93. The number of ketones is 1. The molecule has 2 aliphatic carbocycles. The van der Waals surface area contributed by atoms with Crippen LogP contribution in [0, 0.1) is 11.3 Å². The molecule has 32 heavy (non-hydrogen) atoms. The van der Waals surface area contributed by atoms with Crippen molar-refractivity contribution in [3.05, 3.63) is 45.2 Å². The summed E-state index contributed by atoms with van der Waals surface area (Å²) in [4.78, 5) is 26.8. The topological polar surface area (TPSA) is 84.9 Å². The highest BCUT2D eigenvalue weighted by atomic mass is 79.9. The average molecular weight is 504 g/mol. The largest absolute Gasteiger partial charge is 0.503 e. The van der Waals surface area contributed by atoms with Gasteiger partial charge in [-0.15, -0.1) is 0 Å². The van der Waals surface area contributed by atoms with Gasteiger partial charge in [0.1, 0.15) is 11.9 Å². The molecule has 1 fully saturated rings. The average Bonchev–Trinajstić information content (AvgIpc) is 3.20. The zero-order chi connectivity index (χ0) is 23.2. The van der Waals surface area contributed by atoms with Gasteiger partial charge in [-0.2, -0.15) is 0 Å². The molecule has 172 valence electrons. The molecule has 7 heteroatoms. The number of hydrogen-bond acceptors (Lipinski definition) is 6. The molecule has 0 saturated heterocycles. The van der Waals surface area contributed by atoms with Crippen molar-refractivity contribution in [3.63, 3.8) is 0 Å². The Bertz CT molecular complexity index is 1020. The Kier molecular flexibility index (Phi) is 6.14. The summed E-state index contributed by atoms with van der Waals surface area (Å²) in [5, 5.41) is 13.7. The number of Topliss-reactive ketones (excluding diaryl/α,β-unsaturated/α-hetero) is 1. The second kappa shape index (κ2) is 8.58. The van der Waals surface area contributed by atoms with Gasteiger partial charge in [0, 0.05) is 23.7 Å². The number of fused-ring (bicyclic) bond motifs is 1. The van der Waals surface area contributed by atoms with Gasteiger partial charge in [0.2, 0.25) is 0 Å². The van der Waals surface area contributed by atoms with Gasteiger partial charge in [-0.1, -0.05) is 19.9 Å². The molecule has 0 amide bonds. The summed E-state index contributed by atoms with van der Waals surface area (Å²) in [5.74, 6) is -1.11. The van der Waals surface area contributed by atoms with Gasteiger partial charge >= 0.3 is 5.97 Å². The summed E-state index contributed by atoms with van der Waals surface area (Å²) in [5.41, 5.74) is 2.42. The van der Waals surface area contributed by atoms with Crippen LogP contribution >= 0.6 is 15.9 Å². The maximum atomic E-state index is 13.4. The predicted octanol–water partition coefficient (Wildman–Crippen LogP) is 5.11. The van der Waals surface area contributed by atoms with Crippen LogP contribution in [0.3, 0.4) is 0 Å². The number of halogens is 1. The molecule has 0 radical (unpaired) electrons. The monoisotopic (exact) mass is 503 g/mol. The van der Waals surface area contributed by atoms with Crippen LogP contribution in [-0.4, -0.2) is 30.1 Å². The van der Waals surface area contributed by atoms with E-state index in [1.54, 1.807) is 12.1 Å². The van der Waals surface area contributed by atoms with E-state index in [0.29, 0.717) is 22.2 Å². The van der Waals surface area contributed by atoms with Crippen molar-refractivity contribution >= 4 is 27.7 Å². The third-order valence-electron chi connectivity index (χ3n) is 6.66. The first-order chi connectivity index (χ1) is 15.1. The lowest BCUT2D eigenvalue weighted by Gasteiger charge is -2.41. The van der Waals surface area contributed by atoms with E-state index in [4.69, 9.17) is 9.47 Å². The molecule has 1 aromatic rings. The van der Waals surface area contributed by atoms with Crippen LogP contribution in [0.5, 0.6) is 11.5 Å². The Labute approximate surface area is 197 Å². The number of carbonyl (C=O) groups is 2. The molecule has 0 bridgehead atoms. The number of methoxy groups -OCH3 is 1. The van der Waals surface area contributed by atoms with Gasteiger partial charge < -0.3 is 19.9 Å². The molecule has 0 aromatic heterocycles. The number of nitrogens with one attached hydrogen (secondary N) is 1. The van der Waals surface area contributed by atoms with E-state index in [1.165, 1.54) is 7.11 Å². The van der Waals surface area contributed by atoms with Gasteiger partial charge in [0.05, 0.1) is 23.1 Å². The van der Waals surface area contributed by atoms with Crippen LogP contribution in [0.2, 0.25) is 0 Å². The maximum absolute atomic E-state index is 13.4. The van der Waals surface area contributed by atoms with Crippen LogP contribution < -0.4 is 10.1 Å². The highest BCUT2D eigenvalue weighted by Crippen LogP contribution is 2.49. The summed E-state index contributed by atoms with van der Waals surface area (Å²) in [6.07, 6.45) is 6.27. The van der Waals surface area contributed by atoms with Crippen LogP contribution in [0.4, 0.5) is 0 Å². The molecule has 1 saturated carbocycles. The zero-order valence-electron chi connectivity index (χ0n) is 19.0. The molecule has 0 spiro atoms. The van der Waals surface area contributed by atoms with Crippen LogP contribution in [-0.2, 0) is 14.3 Å². The Morgan fingerprint density at radius 1 is 1.22 bits per heavy atom. The fraction of sp³-hybridized carbons (Fsp3) is 0.520. The van der Waals surface area contributed by atoms with Crippen molar-refractivity contribution in [2.24, 2.45) is 11.3 Å². The first-order valence-corrected chi connectivity index (χ1v) is 11.9. The number of benzene rings is 1. The first-order valence-electron chi connectivity index (χ1n) is 11.1. The number of hydrogen-bond donors (Lipinski definition) is 2. The Hall–Kier alpha value is -2.28. The summed E-state index contributed by atoms with van der Waals surface area (Å²) in [6, 6.07) is 3.46. The zero-order valence-corrected chi connectivity index (χ0v) is 20.5. The number of ether oxygens (including phenoxy) is 2. The van der Waals surface area contributed by atoms with Crippen LogP contribution in [0.25, 0.3) is 0 Å². The second-order valence-electron chi connectivity index (χ2n) is 9.72. The van der Waals surface area contributed by atoms with Gasteiger partial charge in [-0.05, 0) is 71.6 Å². The minimum Gasteiger partial charge on any atom is -0.503 e. The minimum absolute atomic E-state index is 0.0205. The molecular weight excluding hydrogens is 474 g/mol. The number of allylic oxidation sites excluding steroid dienone is 3. The molecule has 4 rings (SSSR count). The SMILES string of the molecule is COc1cc(C2C(C(=O)OC3CCCC3)=C(C)NC3=CC(C)(C)CC(=O)C32)cc(Br)c1O. The van der Waals surface area contributed by atoms with Gasteiger partial charge in [-0.3, -0.25) is 4.79 Å². The second-order valence-corrected chi connectivity index (χ2v) is 10.6. The van der Waals surface area contributed by atoms with Crippen molar-refractivity contribution < 1.29 is 24.2 Å². The molecule has 2 atom stereocenters. The molecule has 2 unspecified atom stereocenters. The molecule has 1 heterocycles. The van der Waals surface area contributed by atoms with Gasteiger partial charge in [-0.25, -0.2) is 4.79 Å². The lowest BCUT2D eigenvalue weighted by atomic mass is 9.66. The molecule has 2 N–H and O–H groups in total. The van der Waals surface area contributed by atoms with Crippen LogP contribution in [0.15, 0.2) is 39.6 Å². The van der Waals surface area contributed by atoms with Crippen molar-refractivity contribution in [2.45, 2.75) is 64.9 Å².